The van der Waals surface area contributed by atoms with Gasteiger partial charge in [0, 0.05) is 29.9 Å². The molecule has 1 aliphatic carbocycles. The third-order valence-electron chi connectivity index (χ3n) is 4.69. The van der Waals surface area contributed by atoms with Crippen LogP contribution in [0.4, 0.5) is 0 Å². The van der Waals surface area contributed by atoms with E-state index in [4.69, 9.17) is 4.52 Å². The summed E-state index contributed by atoms with van der Waals surface area (Å²) in [7, 11) is 0. The van der Waals surface area contributed by atoms with Crippen LogP contribution in [0.15, 0.2) is 47.5 Å². The highest BCUT2D eigenvalue weighted by Gasteiger charge is 2.35. The highest BCUT2D eigenvalue weighted by Crippen LogP contribution is 2.44. The number of hydrogen-bond donors (Lipinski definition) is 0. The van der Waals surface area contributed by atoms with Crippen LogP contribution in [0, 0.1) is 0 Å². The molecule has 0 N–H and O–H groups in total. The van der Waals surface area contributed by atoms with Crippen LogP contribution in [0.2, 0.25) is 0 Å². The van der Waals surface area contributed by atoms with Gasteiger partial charge in [0.2, 0.25) is 11.7 Å². The van der Waals surface area contributed by atoms with E-state index >= 15 is 0 Å². The minimum absolute atomic E-state index is 0.360. The van der Waals surface area contributed by atoms with Crippen molar-refractivity contribution in [3.05, 3.63) is 54.4 Å². The van der Waals surface area contributed by atoms with Crippen molar-refractivity contribution in [2.75, 3.05) is 0 Å². The van der Waals surface area contributed by atoms with Crippen molar-refractivity contribution in [2.45, 2.75) is 44.6 Å². The summed E-state index contributed by atoms with van der Waals surface area (Å²) in [6, 6.07) is 8.91. The van der Waals surface area contributed by atoms with Gasteiger partial charge in [-0.1, -0.05) is 43.3 Å². The van der Waals surface area contributed by atoms with Gasteiger partial charge < -0.3 is 9.09 Å². The SMILES string of the molecule is CC(C)c1ccc(-c2noc(C3CC(n4ccnc4)C3)n2)cc1. The summed E-state index contributed by atoms with van der Waals surface area (Å²) in [6.07, 6.45) is 7.76. The van der Waals surface area contributed by atoms with Gasteiger partial charge in [-0.2, -0.15) is 4.98 Å². The molecule has 1 fully saturated rings. The fraction of sp³-hybridized carbons (Fsp3) is 0.389. The van der Waals surface area contributed by atoms with Gasteiger partial charge in [0.25, 0.3) is 0 Å². The second-order valence-electron chi connectivity index (χ2n) is 6.56. The summed E-state index contributed by atoms with van der Waals surface area (Å²) in [5, 5.41) is 4.15. The van der Waals surface area contributed by atoms with E-state index in [-0.39, 0.29) is 0 Å². The largest absolute Gasteiger partial charge is 0.339 e. The molecular weight excluding hydrogens is 288 g/mol. The van der Waals surface area contributed by atoms with E-state index in [2.05, 4.69) is 57.8 Å². The van der Waals surface area contributed by atoms with Gasteiger partial charge in [-0.25, -0.2) is 4.98 Å². The molecule has 0 aliphatic heterocycles. The molecule has 2 heterocycles. The van der Waals surface area contributed by atoms with E-state index in [1.54, 1.807) is 0 Å². The zero-order chi connectivity index (χ0) is 15.8. The minimum Gasteiger partial charge on any atom is -0.339 e. The minimum atomic E-state index is 0.360. The lowest BCUT2D eigenvalue weighted by Gasteiger charge is -2.33. The Labute approximate surface area is 135 Å². The van der Waals surface area contributed by atoms with Crippen molar-refractivity contribution in [3.63, 3.8) is 0 Å². The van der Waals surface area contributed by atoms with E-state index in [1.165, 1.54) is 5.56 Å². The topological polar surface area (TPSA) is 56.7 Å². The molecule has 0 saturated heterocycles. The van der Waals surface area contributed by atoms with Crippen molar-refractivity contribution in [3.8, 4) is 11.4 Å². The average Bonchev–Trinajstić information content (AvgIpc) is 3.18. The summed E-state index contributed by atoms with van der Waals surface area (Å²) >= 11 is 0. The summed E-state index contributed by atoms with van der Waals surface area (Å²) in [5.41, 5.74) is 2.33. The van der Waals surface area contributed by atoms with Gasteiger partial charge in [0.1, 0.15) is 0 Å². The fourth-order valence-corrected chi connectivity index (χ4v) is 3.05. The maximum Gasteiger partial charge on any atom is 0.230 e. The highest BCUT2D eigenvalue weighted by molar-refractivity contribution is 5.54. The average molecular weight is 308 g/mol. The predicted octanol–water partition coefficient (Wildman–Crippen LogP) is 4.18. The predicted molar refractivity (Wildman–Crippen MR) is 87.1 cm³/mol. The van der Waals surface area contributed by atoms with Gasteiger partial charge in [-0.05, 0) is 24.3 Å². The highest BCUT2D eigenvalue weighted by atomic mass is 16.5. The zero-order valence-corrected chi connectivity index (χ0v) is 13.4. The Kier molecular flexibility index (Phi) is 3.48. The molecule has 5 nitrogen and oxygen atoms in total. The van der Waals surface area contributed by atoms with Gasteiger partial charge in [0.15, 0.2) is 0 Å². The molecule has 1 saturated carbocycles. The molecule has 1 aromatic carbocycles. The standard InChI is InChI=1S/C18H20N4O/c1-12(2)13-3-5-14(6-4-13)17-20-18(23-21-17)15-9-16(10-15)22-8-7-19-11-22/h3-8,11-12,15-16H,9-10H2,1-2H3. The Bertz CT molecular complexity index is 768. The summed E-state index contributed by atoms with van der Waals surface area (Å²) in [4.78, 5) is 8.69. The second-order valence-corrected chi connectivity index (χ2v) is 6.56. The number of imidazole rings is 1. The molecular formula is C18H20N4O. The Hall–Kier alpha value is -2.43. The van der Waals surface area contributed by atoms with E-state index in [0.717, 1.165) is 24.3 Å². The van der Waals surface area contributed by atoms with Gasteiger partial charge >= 0.3 is 0 Å². The summed E-state index contributed by atoms with van der Waals surface area (Å²) in [5.74, 6) is 2.32. The van der Waals surface area contributed by atoms with Crippen molar-refractivity contribution in [1.82, 2.24) is 19.7 Å². The molecule has 0 atom stereocenters. The van der Waals surface area contributed by atoms with E-state index in [0.29, 0.717) is 23.7 Å². The van der Waals surface area contributed by atoms with Gasteiger partial charge in [-0.3, -0.25) is 0 Å². The maximum atomic E-state index is 5.48. The Morgan fingerprint density at radius 2 is 1.96 bits per heavy atom. The van der Waals surface area contributed by atoms with Crippen LogP contribution in [-0.4, -0.2) is 19.7 Å². The van der Waals surface area contributed by atoms with Crippen LogP contribution in [0.1, 0.15) is 56.0 Å². The van der Waals surface area contributed by atoms with Crippen LogP contribution in [-0.2, 0) is 0 Å². The van der Waals surface area contributed by atoms with Crippen molar-refractivity contribution >= 4 is 0 Å². The van der Waals surface area contributed by atoms with E-state index in [9.17, 15) is 0 Å². The second kappa shape index (κ2) is 5.65. The lowest BCUT2D eigenvalue weighted by atomic mass is 9.80. The van der Waals surface area contributed by atoms with Crippen LogP contribution < -0.4 is 0 Å². The first kappa shape index (κ1) is 14.2. The Balaban J connectivity index is 1.45. The van der Waals surface area contributed by atoms with Gasteiger partial charge in [-0.15, -0.1) is 0 Å². The maximum absolute atomic E-state index is 5.48. The molecule has 1 aliphatic rings. The number of rotatable bonds is 4. The summed E-state index contributed by atoms with van der Waals surface area (Å²) in [6.45, 7) is 4.38. The fourth-order valence-electron chi connectivity index (χ4n) is 3.05. The third-order valence-corrected chi connectivity index (χ3v) is 4.69. The first-order chi connectivity index (χ1) is 11.2. The molecule has 3 aromatic rings. The zero-order valence-electron chi connectivity index (χ0n) is 13.4. The first-order valence-electron chi connectivity index (χ1n) is 8.12. The number of benzene rings is 1. The van der Waals surface area contributed by atoms with Gasteiger partial charge in [0.05, 0.1) is 6.33 Å². The van der Waals surface area contributed by atoms with Crippen LogP contribution in [0.3, 0.4) is 0 Å². The molecule has 0 bridgehead atoms. The van der Waals surface area contributed by atoms with Crippen LogP contribution in [0.25, 0.3) is 11.4 Å². The molecule has 23 heavy (non-hydrogen) atoms. The number of hydrogen-bond acceptors (Lipinski definition) is 4. The molecule has 4 rings (SSSR count). The third kappa shape index (κ3) is 2.67. The molecule has 0 unspecified atom stereocenters. The van der Waals surface area contributed by atoms with Crippen LogP contribution >= 0.6 is 0 Å². The molecule has 0 radical (unpaired) electrons. The lowest BCUT2D eigenvalue weighted by molar-refractivity contribution is 0.214. The van der Waals surface area contributed by atoms with E-state index in [1.807, 2.05) is 18.7 Å². The molecule has 0 amide bonds. The Morgan fingerprint density at radius 1 is 1.17 bits per heavy atom. The van der Waals surface area contributed by atoms with Crippen molar-refractivity contribution < 1.29 is 4.52 Å². The van der Waals surface area contributed by atoms with Crippen molar-refractivity contribution in [1.29, 1.82) is 0 Å². The Morgan fingerprint density at radius 3 is 2.61 bits per heavy atom. The molecule has 118 valence electrons. The van der Waals surface area contributed by atoms with E-state index < -0.39 is 0 Å². The number of aromatic nitrogens is 4. The molecule has 5 heteroatoms. The lowest BCUT2D eigenvalue weighted by Crippen LogP contribution is -2.24. The number of nitrogens with zero attached hydrogens (tertiary/aromatic N) is 4. The summed E-state index contributed by atoms with van der Waals surface area (Å²) < 4.78 is 7.63. The first-order valence-corrected chi connectivity index (χ1v) is 8.12. The molecule has 2 aromatic heterocycles. The molecule has 0 spiro atoms. The van der Waals surface area contributed by atoms with Crippen LogP contribution in [0.5, 0.6) is 0 Å². The normalized spacial score (nSPS) is 20.7. The van der Waals surface area contributed by atoms with Crippen molar-refractivity contribution in [2.24, 2.45) is 0 Å². The smallest absolute Gasteiger partial charge is 0.230 e. The quantitative estimate of drug-likeness (QED) is 0.725. The monoisotopic (exact) mass is 308 g/mol.